The van der Waals surface area contributed by atoms with Crippen molar-refractivity contribution in [1.82, 2.24) is 9.62 Å². The highest BCUT2D eigenvalue weighted by Gasteiger charge is 2.26. The van der Waals surface area contributed by atoms with Crippen molar-refractivity contribution < 1.29 is 17.9 Å². The first-order chi connectivity index (χ1) is 14.4. The number of nitrogens with one attached hydrogen (secondary N) is 1. The van der Waals surface area contributed by atoms with Crippen molar-refractivity contribution in [3.8, 4) is 5.75 Å². The van der Waals surface area contributed by atoms with Crippen LogP contribution in [0.15, 0.2) is 53.4 Å². The fraction of sp³-hybridized carbons (Fsp3) is 0.435. The molecule has 0 bridgehead atoms. The zero-order valence-electron chi connectivity index (χ0n) is 17.6. The highest BCUT2D eigenvalue weighted by Crippen LogP contribution is 2.21. The molecule has 1 aliphatic heterocycles. The lowest BCUT2D eigenvalue weighted by Gasteiger charge is -2.20. The van der Waals surface area contributed by atoms with Crippen LogP contribution in [0.3, 0.4) is 0 Å². The van der Waals surface area contributed by atoms with Gasteiger partial charge in [-0.25, -0.2) is 8.42 Å². The van der Waals surface area contributed by atoms with Gasteiger partial charge in [0.1, 0.15) is 12.4 Å². The van der Waals surface area contributed by atoms with Crippen LogP contribution >= 0.6 is 0 Å². The molecule has 0 aromatic heterocycles. The highest BCUT2D eigenvalue weighted by atomic mass is 32.2. The second kappa shape index (κ2) is 10.1. The fourth-order valence-electron chi connectivity index (χ4n) is 3.51. The molecule has 3 rings (SSSR count). The van der Waals surface area contributed by atoms with Crippen LogP contribution in [0.25, 0.3) is 0 Å². The van der Waals surface area contributed by atoms with Crippen molar-refractivity contribution in [2.45, 2.75) is 50.5 Å². The fourth-order valence-corrected chi connectivity index (χ4v) is 5.07. The molecule has 1 amide bonds. The number of rotatable bonds is 7. The van der Waals surface area contributed by atoms with E-state index >= 15 is 0 Å². The first kappa shape index (κ1) is 22.3. The summed E-state index contributed by atoms with van der Waals surface area (Å²) in [5.41, 5.74) is 1.36. The van der Waals surface area contributed by atoms with Gasteiger partial charge >= 0.3 is 0 Å². The maximum absolute atomic E-state index is 13.0. The Kier molecular flexibility index (Phi) is 7.50. The lowest BCUT2D eigenvalue weighted by atomic mass is 10.2. The molecule has 1 saturated heterocycles. The summed E-state index contributed by atoms with van der Waals surface area (Å²) in [5.74, 6) is 0.466. The number of benzene rings is 2. The zero-order chi connectivity index (χ0) is 21.6. The van der Waals surface area contributed by atoms with E-state index in [2.05, 4.69) is 5.32 Å². The van der Waals surface area contributed by atoms with Gasteiger partial charge in [-0.05, 0) is 56.5 Å². The van der Waals surface area contributed by atoms with Crippen LogP contribution in [-0.2, 0) is 10.0 Å². The molecule has 1 N–H and O–H groups in total. The topological polar surface area (TPSA) is 75.7 Å². The second-order valence-electron chi connectivity index (χ2n) is 7.80. The third-order valence-electron chi connectivity index (χ3n) is 5.26. The van der Waals surface area contributed by atoms with Crippen molar-refractivity contribution in [2.75, 3.05) is 19.7 Å². The predicted octanol–water partition coefficient (Wildman–Crippen LogP) is 3.76. The van der Waals surface area contributed by atoms with Gasteiger partial charge in [-0.2, -0.15) is 4.31 Å². The van der Waals surface area contributed by atoms with Gasteiger partial charge in [0.05, 0.1) is 10.9 Å². The third kappa shape index (κ3) is 5.61. The average molecular weight is 431 g/mol. The largest absolute Gasteiger partial charge is 0.491 e. The van der Waals surface area contributed by atoms with E-state index in [1.807, 2.05) is 38.1 Å². The number of amides is 1. The second-order valence-corrected chi connectivity index (χ2v) is 9.74. The van der Waals surface area contributed by atoms with E-state index in [4.69, 9.17) is 4.74 Å². The van der Waals surface area contributed by atoms with E-state index in [9.17, 15) is 13.2 Å². The van der Waals surface area contributed by atoms with Gasteiger partial charge in [0.25, 0.3) is 5.91 Å². The summed E-state index contributed by atoms with van der Waals surface area (Å²) in [4.78, 5) is 12.8. The number of aryl methyl sites for hydroxylation is 1. The lowest BCUT2D eigenvalue weighted by molar-refractivity contribution is 0.0926. The normalized spacial score (nSPS) is 16.5. The summed E-state index contributed by atoms with van der Waals surface area (Å²) in [6.45, 7) is 5.21. The molecule has 2 aromatic rings. The van der Waals surface area contributed by atoms with Gasteiger partial charge < -0.3 is 10.1 Å². The van der Waals surface area contributed by atoms with Crippen molar-refractivity contribution in [1.29, 1.82) is 0 Å². The Morgan fingerprint density at radius 1 is 1.07 bits per heavy atom. The molecule has 1 atom stereocenters. The molecule has 2 aromatic carbocycles. The molecule has 7 heteroatoms. The maximum Gasteiger partial charge on any atom is 0.251 e. The number of carbonyl (C=O) groups excluding carboxylic acids is 1. The van der Waals surface area contributed by atoms with Gasteiger partial charge in [0.2, 0.25) is 10.0 Å². The number of hydrogen-bond acceptors (Lipinski definition) is 4. The molecule has 1 aliphatic rings. The Bertz CT molecular complexity index is 967. The molecule has 0 saturated carbocycles. The molecular weight excluding hydrogens is 400 g/mol. The van der Waals surface area contributed by atoms with Crippen LogP contribution < -0.4 is 10.1 Å². The van der Waals surface area contributed by atoms with Crippen LogP contribution in [-0.4, -0.2) is 44.4 Å². The summed E-state index contributed by atoms with van der Waals surface area (Å²) >= 11 is 0. The highest BCUT2D eigenvalue weighted by molar-refractivity contribution is 7.89. The first-order valence-electron chi connectivity index (χ1n) is 10.5. The van der Waals surface area contributed by atoms with Gasteiger partial charge in [0, 0.05) is 18.7 Å². The number of sulfonamides is 1. The molecule has 1 heterocycles. The quantitative estimate of drug-likeness (QED) is 0.726. The summed E-state index contributed by atoms with van der Waals surface area (Å²) in [6, 6.07) is 13.7. The van der Waals surface area contributed by atoms with Crippen molar-refractivity contribution in [3.05, 3.63) is 59.7 Å². The number of carbonyl (C=O) groups is 1. The van der Waals surface area contributed by atoms with Crippen LogP contribution in [0.5, 0.6) is 5.75 Å². The van der Waals surface area contributed by atoms with Gasteiger partial charge in [0.15, 0.2) is 0 Å². The molecule has 1 fully saturated rings. The monoisotopic (exact) mass is 430 g/mol. The summed E-state index contributed by atoms with van der Waals surface area (Å²) in [7, 11) is -3.59. The minimum absolute atomic E-state index is 0.167. The molecule has 0 aliphatic carbocycles. The summed E-state index contributed by atoms with van der Waals surface area (Å²) in [5, 5.41) is 2.88. The molecule has 6 nitrogen and oxygen atoms in total. The number of hydrogen-bond donors (Lipinski definition) is 1. The van der Waals surface area contributed by atoms with Gasteiger partial charge in [-0.15, -0.1) is 0 Å². The Labute approximate surface area is 179 Å². The van der Waals surface area contributed by atoms with E-state index in [-0.39, 0.29) is 16.8 Å². The molecule has 0 unspecified atom stereocenters. The SMILES string of the molecule is Cc1ccccc1OC[C@H](C)NC(=O)c1cccc(S(=O)(=O)N2CCCCCC2)c1. The summed E-state index contributed by atoms with van der Waals surface area (Å²) in [6.07, 6.45) is 3.85. The third-order valence-corrected chi connectivity index (χ3v) is 7.15. The Morgan fingerprint density at radius 3 is 2.47 bits per heavy atom. The van der Waals surface area contributed by atoms with Crippen molar-refractivity contribution in [3.63, 3.8) is 0 Å². The number of nitrogens with zero attached hydrogens (tertiary/aromatic N) is 1. The van der Waals surface area contributed by atoms with Crippen molar-refractivity contribution >= 4 is 15.9 Å². The van der Waals surface area contributed by atoms with Crippen LogP contribution in [0, 0.1) is 6.92 Å². The van der Waals surface area contributed by atoms with Crippen LogP contribution in [0.2, 0.25) is 0 Å². The van der Waals surface area contributed by atoms with E-state index < -0.39 is 10.0 Å². The number of ether oxygens (including phenoxy) is 1. The summed E-state index contributed by atoms with van der Waals surface area (Å²) < 4.78 is 33.3. The Morgan fingerprint density at radius 2 is 1.77 bits per heavy atom. The maximum atomic E-state index is 13.0. The predicted molar refractivity (Wildman–Crippen MR) is 117 cm³/mol. The average Bonchev–Trinajstić information content (AvgIpc) is 3.03. The standard InChI is InChI=1S/C23H30N2O4S/c1-18-10-5-6-13-22(18)29-17-19(2)24-23(26)20-11-9-12-21(16-20)30(27,28)25-14-7-3-4-8-15-25/h5-6,9-13,16,19H,3-4,7-8,14-15,17H2,1-2H3,(H,24,26)/t19-/m0/s1. The van der Waals surface area contributed by atoms with Crippen LogP contribution in [0.4, 0.5) is 0 Å². The van der Waals surface area contributed by atoms with Crippen LogP contribution in [0.1, 0.15) is 48.5 Å². The Balaban J connectivity index is 1.64. The molecule has 30 heavy (non-hydrogen) atoms. The van der Waals surface area contributed by atoms with E-state index in [0.717, 1.165) is 37.0 Å². The molecular formula is C23H30N2O4S. The minimum atomic E-state index is -3.59. The molecule has 0 spiro atoms. The minimum Gasteiger partial charge on any atom is -0.491 e. The lowest BCUT2D eigenvalue weighted by Crippen LogP contribution is -2.37. The number of para-hydroxylation sites is 1. The van der Waals surface area contributed by atoms with Gasteiger partial charge in [-0.1, -0.05) is 37.1 Å². The van der Waals surface area contributed by atoms with E-state index in [0.29, 0.717) is 25.3 Å². The molecule has 162 valence electrons. The van der Waals surface area contributed by atoms with E-state index in [1.54, 1.807) is 18.2 Å². The van der Waals surface area contributed by atoms with E-state index in [1.165, 1.54) is 10.4 Å². The smallest absolute Gasteiger partial charge is 0.251 e. The Hall–Kier alpha value is -2.38. The van der Waals surface area contributed by atoms with Crippen molar-refractivity contribution in [2.24, 2.45) is 0 Å². The van der Waals surface area contributed by atoms with Gasteiger partial charge in [-0.3, -0.25) is 4.79 Å². The zero-order valence-corrected chi connectivity index (χ0v) is 18.5. The molecule has 0 radical (unpaired) electrons. The first-order valence-corrected chi connectivity index (χ1v) is 11.9.